The lowest BCUT2D eigenvalue weighted by Crippen LogP contribution is -1.95. The smallest absolute Gasteiger partial charge is 0.0471 e. The van der Waals surface area contributed by atoms with Crippen LogP contribution in [0.25, 0.3) is 0 Å². The second-order valence-electron chi connectivity index (χ2n) is 3.34. The van der Waals surface area contributed by atoms with Gasteiger partial charge in [-0.2, -0.15) is 0 Å². The van der Waals surface area contributed by atoms with Gasteiger partial charge in [-0.3, -0.25) is 0 Å². The molecule has 0 atom stereocenters. The molecule has 0 bridgehead atoms. The maximum atomic E-state index is 8.85. The lowest BCUT2D eigenvalue weighted by Gasteiger charge is -2.06. The first-order valence-electron chi connectivity index (χ1n) is 5.02. The number of rotatable bonds is 4. The maximum absolute atomic E-state index is 8.85. The molecule has 0 saturated carbocycles. The van der Waals surface area contributed by atoms with E-state index in [2.05, 4.69) is 32.0 Å². The van der Waals surface area contributed by atoms with Gasteiger partial charge in [0.2, 0.25) is 0 Å². The van der Waals surface area contributed by atoms with Crippen LogP contribution in [0.15, 0.2) is 18.2 Å². The summed E-state index contributed by atoms with van der Waals surface area (Å²) < 4.78 is 0. The third-order valence-electron chi connectivity index (χ3n) is 2.33. The molecule has 0 heterocycles. The second-order valence-corrected chi connectivity index (χ2v) is 3.34. The summed E-state index contributed by atoms with van der Waals surface area (Å²) in [7, 11) is 0. The molecule has 0 aliphatic rings. The number of hydrogen-bond acceptors (Lipinski definition) is 1. The minimum absolute atomic E-state index is 0.246. The third-order valence-corrected chi connectivity index (χ3v) is 2.33. The van der Waals surface area contributed by atoms with Crippen molar-refractivity contribution >= 4 is 0 Å². The first-order chi connectivity index (χ1) is 6.30. The molecule has 1 nitrogen and oxygen atoms in total. The highest BCUT2D eigenvalue weighted by atomic mass is 16.2. The zero-order valence-corrected chi connectivity index (χ0v) is 8.51. The summed E-state index contributed by atoms with van der Waals surface area (Å²) in [6, 6.07) is 6.63. The van der Waals surface area contributed by atoms with Gasteiger partial charge in [0, 0.05) is 6.61 Å². The van der Waals surface area contributed by atoms with Crippen LogP contribution in [0.4, 0.5) is 0 Å². The van der Waals surface area contributed by atoms with E-state index in [0.29, 0.717) is 0 Å². The standard InChI is InChI=1S/C12H18O/c1-3-10-7-11(4-2)9-12(8-10)5-6-13/h7-9,13H,3-6H2,1-2H3. The molecule has 1 N–H and O–H groups in total. The fourth-order valence-corrected chi connectivity index (χ4v) is 1.52. The van der Waals surface area contributed by atoms with Gasteiger partial charge < -0.3 is 5.11 Å². The van der Waals surface area contributed by atoms with Crippen molar-refractivity contribution in [3.63, 3.8) is 0 Å². The molecular weight excluding hydrogens is 160 g/mol. The molecule has 1 aromatic rings. The molecule has 72 valence electrons. The van der Waals surface area contributed by atoms with Crippen LogP contribution in [0.2, 0.25) is 0 Å². The molecule has 13 heavy (non-hydrogen) atoms. The van der Waals surface area contributed by atoms with E-state index in [1.165, 1.54) is 16.7 Å². The Labute approximate surface area is 80.4 Å². The minimum Gasteiger partial charge on any atom is -0.396 e. The zero-order chi connectivity index (χ0) is 9.68. The van der Waals surface area contributed by atoms with E-state index in [4.69, 9.17) is 5.11 Å². The van der Waals surface area contributed by atoms with Crippen molar-refractivity contribution < 1.29 is 5.11 Å². The van der Waals surface area contributed by atoms with Crippen molar-refractivity contribution in [2.24, 2.45) is 0 Å². The van der Waals surface area contributed by atoms with Crippen LogP contribution in [-0.2, 0) is 19.3 Å². The van der Waals surface area contributed by atoms with Crippen LogP contribution in [0.3, 0.4) is 0 Å². The average Bonchev–Trinajstić information content (AvgIpc) is 2.17. The molecule has 0 saturated heterocycles. The van der Waals surface area contributed by atoms with Crippen molar-refractivity contribution in [3.05, 3.63) is 34.9 Å². The van der Waals surface area contributed by atoms with Gasteiger partial charge in [0.25, 0.3) is 0 Å². The number of aliphatic hydroxyl groups excluding tert-OH is 1. The molecule has 0 spiro atoms. The van der Waals surface area contributed by atoms with Crippen molar-refractivity contribution in [1.82, 2.24) is 0 Å². The zero-order valence-electron chi connectivity index (χ0n) is 8.51. The van der Waals surface area contributed by atoms with Crippen molar-refractivity contribution in [2.45, 2.75) is 33.1 Å². The highest BCUT2D eigenvalue weighted by Gasteiger charge is 1.98. The molecule has 0 aliphatic carbocycles. The van der Waals surface area contributed by atoms with Crippen LogP contribution in [0.5, 0.6) is 0 Å². The Morgan fingerprint density at radius 1 is 0.923 bits per heavy atom. The highest BCUT2D eigenvalue weighted by molar-refractivity contribution is 5.30. The first kappa shape index (κ1) is 10.3. The van der Waals surface area contributed by atoms with E-state index in [1.54, 1.807) is 0 Å². The largest absolute Gasteiger partial charge is 0.396 e. The number of benzene rings is 1. The quantitative estimate of drug-likeness (QED) is 0.750. The summed E-state index contributed by atoms with van der Waals surface area (Å²) in [5.74, 6) is 0. The van der Waals surface area contributed by atoms with E-state index >= 15 is 0 Å². The summed E-state index contributed by atoms with van der Waals surface area (Å²) in [6.45, 7) is 4.57. The van der Waals surface area contributed by atoms with Gasteiger partial charge >= 0.3 is 0 Å². The summed E-state index contributed by atoms with van der Waals surface area (Å²) >= 11 is 0. The molecule has 0 fully saturated rings. The molecule has 0 unspecified atom stereocenters. The maximum Gasteiger partial charge on any atom is 0.0471 e. The van der Waals surface area contributed by atoms with Crippen LogP contribution in [0.1, 0.15) is 30.5 Å². The van der Waals surface area contributed by atoms with Gasteiger partial charge in [-0.25, -0.2) is 0 Å². The second kappa shape index (κ2) is 5.03. The van der Waals surface area contributed by atoms with E-state index in [1.807, 2.05) is 0 Å². The Morgan fingerprint density at radius 2 is 1.38 bits per heavy atom. The Morgan fingerprint density at radius 3 is 1.77 bits per heavy atom. The van der Waals surface area contributed by atoms with Crippen LogP contribution in [-0.4, -0.2) is 11.7 Å². The monoisotopic (exact) mass is 178 g/mol. The number of aryl methyl sites for hydroxylation is 2. The van der Waals surface area contributed by atoms with Crippen LogP contribution < -0.4 is 0 Å². The van der Waals surface area contributed by atoms with Crippen LogP contribution in [0, 0.1) is 0 Å². The van der Waals surface area contributed by atoms with Gasteiger partial charge in [0.05, 0.1) is 0 Å². The Balaban J connectivity index is 2.93. The summed E-state index contributed by atoms with van der Waals surface area (Å²) in [5, 5.41) is 8.85. The fraction of sp³-hybridized carbons (Fsp3) is 0.500. The van der Waals surface area contributed by atoms with Gasteiger partial charge in [0.1, 0.15) is 0 Å². The van der Waals surface area contributed by atoms with Crippen molar-refractivity contribution in [3.8, 4) is 0 Å². The topological polar surface area (TPSA) is 20.2 Å². The Kier molecular flexibility index (Phi) is 3.97. The first-order valence-corrected chi connectivity index (χ1v) is 5.02. The molecule has 0 amide bonds. The predicted molar refractivity (Wildman–Crippen MR) is 56.0 cm³/mol. The predicted octanol–water partition coefficient (Wildman–Crippen LogP) is 2.35. The molecule has 1 aromatic carbocycles. The van der Waals surface area contributed by atoms with Gasteiger partial charge in [-0.1, -0.05) is 32.0 Å². The van der Waals surface area contributed by atoms with Gasteiger partial charge in [-0.05, 0) is 36.0 Å². The average molecular weight is 178 g/mol. The lowest BCUT2D eigenvalue weighted by molar-refractivity contribution is 0.299. The summed E-state index contributed by atoms with van der Waals surface area (Å²) in [5.41, 5.74) is 4.02. The fourth-order valence-electron chi connectivity index (χ4n) is 1.52. The molecule has 1 rings (SSSR count). The number of hydrogen-bond donors (Lipinski definition) is 1. The third kappa shape index (κ3) is 2.85. The van der Waals surface area contributed by atoms with Gasteiger partial charge in [0.15, 0.2) is 0 Å². The van der Waals surface area contributed by atoms with Crippen molar-refractivity contribution in [1.29, 1.82) is 0 Å². The molecule has 0 aliphatic heterocycles. The Bertz CT molecular complexity index is 244. The minimum atomic E-state index is 0.246. The van der Waals surface area contributed by atoms with Crippen molar-refractivity contribution in [2.75, 3.05) is 6.61 Å². The van der Waals surface area contributed by atoms with Crippen LogP contribution >= 0.6 is 0 Å². The van der Waals surface area contributed by atoms with E-state index in [9.17, 15) is 0 Å². The molecule has 0 radical (unpaired) electrons. The summed E-state index contributed by atoms with van der Waals surface area (Å²) in [4.78, 5) is 0. The molecule has 0 aromatic heterocycles. The van der Waals surface area contributed by atoms with E-state index < -0.39 is 0 Å². The molecule has 1 heteroatoms. The van der Waals surface area contributed by atoms with E-state index in [-0.39, 0.29) is 6.61 Å². The SMILES string of the molecule is CCc1cc(CC)cc(CCO)c1. The van der Waals surface area contributed by atoms with Gasteiger partial charge in [-0.15, -0.1) is 0 Å². The lowest BCUT2D eigenvalue weighted by atomic mass is 10.0. The summed E-state index contributed by atoms with van der Waals surface area (Å²) in [6.07, 6.45) is 2.93. The normalized spacial score (nSPS) is 10.4. The highest BCUT2D eigenvalue weighted by Crippen LogP contribution is 2.12. The Hall–Kier alpha value is -0.820. The molecular formula is C12H18O. The van der Waals surface area contributed by atoms with E-state index in [0.717, 1.165) is 19.3 Å². The number of aliphatic hydroxyl groups is 1.